The van der Waals surface area contributed by atoms with Crippen LogP contribution in [0.4, 0.5) is 15.8 Å². The van der Waals surface area contributed by atoms with E-state index in [0.717, 1.165) is 5.69 Å². The number of halogens is 1. The molecule has 0 aliphatic heterocycles. The molecule has 0 radical (unpaired) electrons. The van der Waals surface area contributed by atoms with Crippen molar-refractivity contribution in [1.82, 2.24) is 0 Å². The molecule has 2 aromatic carbocycles. The summed E-state index contributed by atoms with van der Waals surface area (Å²) in [6, 6.07) is 13.8. The van der Waals surface area contributed by atoms with Crippen LogP contribution in [0.1, 0.15) is 25.0 Å². The van der Waals surface area contributed by atoms with Gasteiger partial charge in [0.15, 0.2) is 0 Å². The summed E-state index contributed by atoms with van der Waals surface area (Å²) < 4.78 is 14.2. The van der Waals surface area contributed by atoms with Gasteiger partial charge >= 0.3 is 0 Å². The fourth-order valence-electron chi connectivity index (χ4n) is 2.19. The van der Waals surface area contributed by atoms with E-state index >= 15 is 0 Å². The fourth-order valence-corrected chi connectivity index (χ4v) is 2.19. The molecule has 1 N–H and O–H groups in total. The van der Waals surface area contributed by atoms with E-state index in [1.54, 1.807) is 6.07 Å². The Morgan fingerprint density at radius 1 is 1.14 bits per heavy atom. The predicted octanol–water partition coefficient (Wildman–Crippen LogP) is 4.59. The molecule has 112 valence electrons. The maximum atomic E-state index is 14.2. The van der Waals surface area contributed by atoms with E-state index in [2.05, 4.69) is 24.4 Å². The van der Waals surface area contributed by atoms with Crippen molar-refractivity contribution in [1.29, 1.82) is 0 Å². The van der Waals surface area contributed by atoms with Crippen LogP contribution in [-0.2, 0) is 6.54 Å². The Morgan fingerprint density at radius 2 is 1.86 bits per heavy atom. The van der Waals surface area contributed by atoms with Gasteiger partial charge in [-0.1, -0.05) is 24.3 Å². The molecule has 2 rings (SSSR count). The van der Waals surface area contributed by atoms with Gasteiger partial charge in [0.05, 0.1) is 5.69 Å². The van der Waals surface area contributed by atoms with Crippen molar-refractivity contribution in [3.05, 3.63) is 59.4 Å². The predicted molar refractivity (Wildman–Crippen MR) is 88.4 cm³/mol. The zero-order valence-electron chi connectivity index (χ0n) is 13.2. The van der Waals surface area contributed by atoms with Crippen LogP contribution in [0.25, 0.3) is 0 Å². The smallest absolute Gasteiger partial charge is 0.148 e. The van der Waals surface area contributed by atoms with E-state index in [4.69, 9.17) is 0 Å². The summed E-state index contributed by atoms with van der Waals surface area (Å²) >= 11 is 0. The van der Waals surface area contributed by atoms with Gasteiger partial charge in [0.2, 0.25) is 0 Å². The number of benzene rings is 2. The summed E-state index contributed by atoms with van der Waals surface area (Å²) in [5, 5.41) is 3.28. The zero-order chi connectivity index (χ0) is 15.4. The molecule has 0 spiro atoms. The Bertz CT molecular complexity index is 608. The Balaban J connectivity index is 2.09. The Morgan fingerprint density at radius 3 is 2.48 bits per heavy atom. The van der Waals surface area contributed by atoms with Crippen molar-refractivity contribution >= 4 is 11.4 Å². The lowest BCUT2D eigenvalue weighted by Gasteiger charge is -2.24. The van der Waals surface area contributed by atoms with Crippen LogP contribution in [0.3, 0.4) is 0 Å². The molecular weight excluding hydrogens is 263 g/mol. The van der Waals surface area contributed by atoms with Gasteiger partial charge < -0.3 is 10.2 Å². The van der Waals surface area contributed by atoms with Crippen LogP contribution in [0.5, 0.6) is 0 Å². The number of nitrogens with one attached hydrogen (secondary N) is 1. The second-order valence-electron chi connectivity index (χ2n) is 5.65. The minimum absolute atomic E-state index is 0.194. The summed E-state index contributed by atoms with van der Waals surface area (Å²) in [4.78, 5) is 1.93. The normalized spacial score (nSPS) is 10.8. The molecular formula is C18H23FN2. The van der Waals surface area contributed by atoms with E-state index in [1.165, 1.54) is 11.1 Å². The molecule has 0 aliphatic rings. The molecule has 0 aliphatic carbocycles. The highest BCUT2D eigenvalue weighted by Crippen LogP contribution is 2.23. The standard InChI is InChI=1S/C18H23FN2/c1-13(2)21(4)18-10-9-16(11-17(18)19)20-12-15-8-6-5-7-14(15)3/h5-11,13,20H,12H2,1-4H3. The van der Waals surface area contributed by atoms with Gasteiger partial charge in [-0.05, 0) is 50.1 Å². The first-order valence-electron chi connectivity index (χ1n) is 7.30. The average molecular weight is 286 g/mol. The van der Waals surface area contributed by atoms with Gasteiger partial charge in [-0.2, -0.15) is 0 Å². The average Bonchev–Trinajstić information content (AvgIpc) is 2.46. The van der Waals surface area contributed by atoms with Crippen molar-refractivity contribution in [3.8, 4) is 0 Å². The van der Waals surface area contributed by atoms with Crippen molar-refractivity contribution in [2.24, 2.45) is 0 Å². The first-order valence-corrected chi connectivity index (χ1v) is 7.30. The molecule has 0 saturated carbocycles. The van der Waals surface area contributed by atoms with Gasteiger partial charge in [-0.15, -0.1) is 0 Å². The second-order valence-corrected chi connectivity index (χ2v) is 5.65. The largest absolute Gasteiger partial charge is 0.381 e. The van der Waals surface area contributed by atoms with Gasteiger partial charge in [0.1, 0.15) is 5.82 Å². The fraction of sp³-hybridized carbons (Fsp3) is 0.333. The van der Waals surface area contributed by atoms with E-state index < -0.39 is 0 Å². The van der Waals surface area contributed by atoms with Crippen LogP contribution in [0, 0.1) is 12.7 Å². The molecule has 0 amide bonds. The van der Waals surface area contributed by atoms with Gasteiger partial charge in [-0.25, -0.2) is 4.39 Å². The summed E-state index contributed by atoms with van der Waals surface area (Å²) in [6.45, 7) is 6.87. The van der Waals surface area contributed by atoms with Crippen molar-refractivity contribution in [3.63, 3.8) is 0 Å². The van der Waals surface area contributed by atoms with E-state index in [1.807, 2.05) is 50.1 Å². The molecule has 0 fully saturated rings. The van der Waals surface area contributed by atoms with Gasteiger partial charge in [-0.3, -0.25) is 0 Å². The SMILES string of the molecule is Cc1ccccc1CNc1ccc(N(C)C(C)C)c(F)c1. The van der Waals surface area contributed by atoms with Crippen LogP contribution in [0.2, 0.25) is 0 Å². The third-order valence-corrected chi connectivity index (χ3v) is 3.85. The number of rotatable bonds is 5. The lowest BCUT2D eigenvalue weighted by atomic mass is 10.1. The van der Waals surface area contributed by atoms with E-state index in [0.29, 0.717) is 12.2 Å². The maximum Gasteiger partial charge on any atom is 0.148 e. The lowest BCUT2D eigenvalue weighted by molar-refractivity contribution is 0.614. The number of aryl methyl sites for hydroxylation is 1. The summed E-state index contributed by atoms with van der Waals surface area (Å²) in [5.74, 6) is -0.194. The van der Waals surface area contributed by atoms with Crippen LogP contribution in [-0.4, -0.2) is 13.1 Å². The summed E-state index contributed by atoms with van der Waals surface area (Å²) in [5.41, 5.74) is 3.89. The number of hydrogen-bond donors (Lipinski definition) is 1. The monoisotopic (exact) mass is 286 g/mol. The zero-order valence-corrected chi connectivity index (χ0v) is 13.2. The number of hydrogen-bond acceptors (Lipinski definition) is 2. The van der Waals surface area contributed by atoms with E-state index in [-0.39, 0.29) is 11.9 Å². The highest BCUT2D eigenvalue weighted by atomic mass is 19.1. The summed E-state index contributed by atoms with van der Waals surface area (Å²) in [7, 11) is 1.91. The second kappa shape index (κ2) is 6.61. The molecule has 0 bridgehead atoms. The maximum absolute atomic E-state index is 14.2. The molecule has 2 aromatic rings. The number of anilines is 2. The van der Waals surface area contributed by atoms with Crippen molar-refractivity contribution in [2.75, 3.05) is 17.3 Å². The molecule has 2 nitrogen and oxygen atoms in total. The van der Waals surface area contributed by atoms with Crippen molar-refractivity contribution < 1.29 is 4.39 Å². The molecule has 3 heteroatoms. The highest BCUT2D eigenvalue weighted by Gasteiger charge is 2.10. The van der Waals surface area contributed by atoms with Crippen LogP contribution in [0.15, 0.2) is 42.5 Å². The minimum atomic E-state index is -0.194. The Kier molecular flexibility index (Phi) is 4.84. The molecule has 0 heterocycles. The third-order valence-electron chi connectivity index (χ3n) is 3.85. The van der Waals surface area contributed by atoms with E-state index in [9.17, 15) is 4.39 Å². The third kappa shape index (κ3) is 3.75. The Labute approximate surface area is 126 Å². The van der Waals surface area contributed by atoms with Crippen LogP contribution < -0.4 is 10.2 Å². The lowest BCUT2D eigenvalue weighted by Crippen LogP contribution is -2.26. The Hall–Kier alpha value is -2.03. The highest BCUT2D eigenvalue weighted by molar-refractivity contribution is 5.56. The molecule has 0 unspecified atom stereocenters. The molecule has 21 heavy (non-hydrogen) atoms. The van der Waals surface area contributed by atoms with Gasteiger partial charge in [0.25, 0.3) is 0 Å². The molecule has 0 atom stereocenters. The van der Waals surface area contributed by atoms with Crippen LogP contribution >= 0.6 is 0 Å². The first-order chi connectivity index (χ1) is 9.99. The summed E-state index contributed by atoms with van der Waals surface area (Å²) in [6.07, 6.45) is 0. The minimum Gasteiger partial charge on any atom is -0.381 e. The van der Waals surface area contributed by atoms with Crippen molar-refractivity contribution in [2.45, 2.75) is 33.4 Å². The first kappa shape index (κ1) is 15.4. The quantitative estimate of drug-likeness (QED) is 0.864. The molecule has 0 saturated heterocycles. The number of nitrogens with zero attached hydrogens (tertiary/aromatic N) is 1. The topological polar surface area (TPSA) is 15.3 Å². The molecule has 0 aromatic heterocycles. The van der Waals surface area contributed by atoms with Gasteiger partial charge in [0, 0.05) is 25.3 Å².